The maximum absolute atomic E-state index is 12.7. The van der Waals surface area contributed by atoms with E-state index in [4.69, 9.17) is 9.84 Å². The van der Waals surface area contributed by atoms with Crippen LogP contribution < -0.4 is 10.1 Å². The van der Waals surface area contributed by atoms with E-state index in [9.17, 15) is 13.2 Å². The molecule has 0 amide bonds. The van der Waals surface area contributed by atoms with Gasteiger partial charge in [0.05, 0.1) is 12.2 Å². The van der Waals surface area contributed by atoms with E-state index in [2.05, 4.69) is 5.32 Å². The Morgan fingerprint density at radius 1 is 1.00 bits per heavy atom. The summed E-state index contributed by atoms with van der Waals surface area (Å²) >= 11 is 0. The SMILES string of the molecule is OCCNCc1cccc(Oc2cccc(C(F)(F)F)c2)c1. The molecule has 0 saturated carbocycles. The summed E-state index contributed by atoms with van der Waals surface area (Å²) in [5.41, 5.74) is 0.170. The lowest BCUT2D eigenvalue weighted by molar-refractivity contribution is -0.137. The minimum Gasteiger partial charge on any atom is -0.457 e. The third-order valence-electron chi connectivity index (χ3n) is 2.91. The number of aliphatic hydroxyl groups is 1. The molecule has 0 unspecified atom stereocenters. The van der Waals surface area contributed by atoms with E-state index in [1.807, 2.05) is 6.07 Å². The van der Waals surface area contributed by atoms with Crippen LogP contribution in [0.2, 0.25) is 0 Å². The van der Waals surface area contributed by atoms with Gasteiger partial charge in [0.15, 0.2) is 0 Å². The molecule has 22 heavy (non-hydrogen) atoms. The number of hydrogen-bond acceptors (Lipinski definition) is 3. The Balaban J connectivity index is 2.09. The quantitative estimate of drug-likeness (QED) is 0.801. The zero-order chi connectivity index (χ0) is 16.0. The molecule has 0 aromatic heterocycles. The molecule has 118 valence electrons. The highest BCUT2D eigenvalue weighted by molar-refractivity contribution is 5.36. The maximum atomic E-state index is 12.7. The van der Waals surface area contributed by atoms with E-state index in [1.54, 1.807) is 18.2 Å². The molecular weight excluding hydrogens is 295 g/mol. The van der Waals surface area contributed by atoms with Crippen LogP contribution in [-0.4, -0.2) is 18.3 Å². The molecule has 0 bridgehead atoms. The van der Waals surface area contributed by atoms with Crippen molar-refractivity contribution in [2.24, 2.45) is 0 Å². The molecule has 0 atom stereocenters. The summed E-state index contributed by atoms with van der Waals surface area (Å²) in [5, 5.41) is 11.7. The normalized spacial score (nSPS) is 11.5. The van der Waals surface area contributed by atoms with E-state index in [0.29, 0.717) is 18.8 Å². The van der Waals surface area contributed by atoms with Crippen molar-refractivity contribution in [1.82, 2.24) is 5.32 Å². The third kappa shape index (κ3) is 4.75. The third-order valence-corrected chi connectivity index (χ3v) is 2.91. The molecule has 6 heteroatoms. The van der Waals surface area contributed by atoms with Gasteiger partial charge in [-0.2, -0.15) is 13.2 Å². The van der Waals surface area contributed by atoms with Crippen LogP contribution in [0.15, 0.2) is 48.5 Å². The number of ether oxygens (including phenoxy) is 1. The molecule has 2 rings (SSSR count). The maximum Gasteiger partial charge on any atom is 0.416 e. The van der Waals surface area contributed by atoms with Gasteiger partial charge in [0.1, 0.15) is 11.5 Å². The Hall–Kier alpha value is -2.05. The molecule has 0 spiro atoms. The standard InChI is InChI=1S/C16H16F3NO2/c17-16(18,19)13-4-2-6-15(10-13)22-14-5-1-3-12(9-14)11-20-7-8-21/h1-6,9-10,20-21H,7-8,11H2. The second-order valence-electron chi connectivity index (χ2n) is 4.68. The monoisotopic (exact) mass is 311 g/mol. The van der Waals surface area contributed by atoms with Crippen LogP contribution in [0.1, 0.15) is 11.1 Å². The predicted molar refractivity (Wildman–Crippen MR) is 76.8 cm³/mol. The minimum atomic E-state index is -4.39. The van der Waals surface area contributed by atoms with Crippen molar-refractivity contribution in [1.29, 1.82) is 0 Å². The van der Waals surface area contributed by atoms with E-state index >= 15 is 0 Å². The number of alkyl halides is 3. The van der Waals surface area contributed by atoms with Crippen molar-refractivity contribution in [2.75, 3.05) is 13.2 Å². The van der Waals surface area contributed by atoms with Crippen LogP contribution in [0.3, 0.4) is 0 Å². The number of nitrogens with one attached hydrogen (secondary N) is 1. The average molecular weight is 311 g/mol. The molecule has 2 aromatic rings. The van der Waals surface area contributed by atoms with Gasteiger partial charge in [0, 0.05) is 13.1 Å². The highest BCUT2D eigenvalue weighted by Gasteiger charge is 2.30. The molecule has 0 aliphatic heterocycles. The van der Waals surface area contributed by atoms with Crippen LogP contribution in [0.5, 0.6) is 11.5 Å². The topological polar surface area (TPSA) is 41.5 Å². The molecule has 0 aliphatic carbocycles. The fourth-order valence-electron chi connectivity index (χ4n) is 1.90. The van der Waals surface area contributed by atoms with Crippen LogP contribution in [0.4, 0.5) is 13.2 Å². The van der Waals surface area contributed by atoms with Gasteiger partial charge in [-0.3, -0.25) is 0 Å². The van der Waals surface area contributed by atoms with Crippen molar-refractivity contribution in [3.05, 3.63) is 59.7 Å². The van der Waals surface area contributed by atoms with Crippen LogP contribution >= 0.6 is 0 Å². The van der Waals surface area contributed by atoms with Crippen molar-refractivity contribution < 1.29 is 23.0 Å². The Bertz CT molecular complexity index is 614. The molecule has 0 saturated heterocycles. The number of aliphatic hydroxyl groups excluding tert-OH is 1. The molecule has 2 N–H and O–H groups in total. The highest BCUT2D eigenvalue weighted by Crippen LogP contribution is 2.32. The van der Waals surface area contributed by atoms with E-state index in [-0.39, 0.29) is 12.4 Å². The lowest BCUT2D eigenvalue weighted by atomic mass is 10.2. The van der Waals surface area contributed by atoms with Gasteiger partial charge in [0.25, 0.3) is 0 Å². The first-order valence-electron chi connectivity index (χ1n) is 6.74. The summed E-state index contributed by atoms with van der Waals surface area (Å²) in [6, 6.07) is 11.8. The van der Waals surface area contributed by atoms with Gasteiger partial charge in [-0.1, -0.05) is 18.2 Å². The second-order valence-corrected chi connectivity index (χ2v) is 4.68. The van der Waals surface area contributed by atoms with Crippen LogP contribution in [-0.2, 0) is 12.7 Å². The minimum absolute atomic E-state index is 0.0421. The Morgan fingerprint density at radius 3 is 2.36 bits per heavy atom. The molecular formula is C16H16F3NO2. The summed E-state index contributed by atoms with van der Waals surface area (Å²) in [4.78, 5) is 0. The molecule has 0 heterocycles. The second kappa shape index (κ2) is 7.29. The Labute approximate surface area is 126 Å². The van der Waals surface area contributed by atoms with Crippen molar-refractivity contribution in [3.8, 4) is 11.5 Å². The molecule has 2 aromatic carbocycles. The fourth-order valence-corrected chi connectivity index (χ4v) is 1.90. The number of halogens is 3. The van der Waals surface area contributed by atoms with Gasteiger partial charge >= 0.3 is 6.18 Å². The summed E-state index contributed by atoms with van der Waals surface area (Å²) in [5.74, 6) is 0.595. The van der Waals surface area contributed by atoms with Gasteiger partial charge in [-0.15, -0.1) is 0 Å². The van der Waals surface area contributed by atoms with Gasteiger partial charge < -0.3 is 15.2 Å². The fraction of sp³-hybridized carbons (Fsp3) is 0.250. The first kappa shape index (κ1) is 16.3. The van der Waals surface area contributed by atoms with Crippen LogP contribution in [0.25, 0.3) is 0 Å². The first-order valence-corrected chi connectivity index (χ1v) is 6.74. The molecule has 3 nitrogen and oxygen atoms in total. The zero-order valence-corrected chi connectivity index (χ0v) is 11.7. The molecule has 0 fully saturated rings. The van der Waals surface area contributed by atoms with Crippen LogP contribution in [0, 0.1) is 0 Å². The predicted octanol–water partition coefficient (Wildman–Crippen LogP) is 3.58. The highest BCUT2D eigenvalue weighted by atomic mass is 19.4. The van der Waals surface area contributed by atoms with E-state index < -0.39 is 11.7 Å². The number of hydrogen-bond donors (Lipinski definition) is 2. The smallest absolute Gasteiger partial charge is 0.416 e. The van der Waals surface area contributed by atoms with E-state index in [1.165, 1.54) is 12.1 Å². The van der Waals surface area contributed by atoms with Crippen molar-refractivity contribution in [3.63, 3.8) is 0 Å². The number of benzene rings is 2. The van der Waals surface area contributed by atoms with Gasteiger partial charge in [-0.05, 0) is 35.9 Å². The summed E-state index contributed by atoms with van der Waals surface area (Å²) < 4.78 is 43.5. The van der Waals surface area contributed by atoms with E-state index in [0.717, 1.165) is 17.7 Å². The lowest BCUT2D eigenvalue weighted by Crippen LogP contribution is -2.17. The zero-order valence-electron chi connectivity index (χ0n) is 11.7. The Kier molecular flexibility index (Phi) is 5.41. The van der Waals surface area contributed by atoms with Gasteiger partial charge in [0.2, 0.25) is 0 Å². The molecule has 0 aliphatic rings. The molecule has 0 radical (unpaired) electrons. The Morgan fingerprint density at radius 2 is 1.68 bits per heavy atom. The van der Waals surface area contributed by atoms with Crippen molar-refractivity contribution >= 4 is 0 Å². The summed E-state index contributed by atoms with van der Waals surface area (Å²) in [6.07, 6.45) is -4.39. The number of rotatable bonds is 6. The van der Waals surface area contributed by atoms with Crippen molar-refractivity contribution in [2.45, 2.75) is 12.7 Å². The van der Waals surface area contributed by atoms with Gasteiger partial charge in [-0.25, -0.2) is 0 Å². The average Bonchev–Trinajstić information content (AvgIpc) is 2.47. The largest absolute Gasteiger partial charge is 0.457 e. The lowest BCUT2D eigenvalue weighted by Gasteiger charge is -2.11. The summed E-state index contributed by atoms with van der Waals surface area (Å²) in [7, 11) is 0. The summed E-state index contributed by atoms with van der Waals surface area (Å²) in [6.45, 7) is 1.06. The first-order chi connectivity index (χ1) is 10.5.